The van der Waals surface area contributed by atoms with Crippen molar-refractivity contribution < 1.29 is 4.79 Å². The molecule has 0 saturated carbocycles. The van der Waals surface area contributed by atoms with Gasteiger partial charge in [-0.2, -0.15) is 4.99 Å². The third-order valence-corrected chi connectivity index (χ3v) is 5.56. The van der Waals surface area contributed by atoms with E-state index in [1.54, 1.807) is 0 Å². The average molecular weight is 415 g/mol. The maximum Gasteiger partial charge on any atom is 0.252 e. The van der Waals surface area contributed by atoms with E-state index in [4.69, 9.17) is 0 Å². The first-order chi connectivity index (χ1) is 12.0. The molecular weight excluding hydrogens is 396 g/mol. The van der Waals surface area contributed by atoms with Gasteiger partial charge in [-0.25, -0.2) is 0 Å². The minimum absolute atomic E-state index is 0.128. The van der Waals surface area contributed by atoms with Crippen molar-refractivity contribution >= 4 is 43.4 Å². The number of thiazole rings is 1. The zero-order valence-corrected chi connectivity index (χ0v) is 16.7. The Bertz CT molecular complexity index is 1030. The summed E-state index contributed by atoms with van der Waals surface area (Å²) < 4.78 is 4.13. The minimum Gasteiger partial charge on any atom is -0.313 e. The van der Waals surface area contributed by atoms with Crippen LogP contribution in [-0.2, 0) is 17.8 Å². The van der Waals surface area contributed by atoms with Crippen LogP contribution in [0.3, 0.4) is 0 Å². The molecule has 3 rings (SSSR count). The van der Waals surface area contributed by atoms with Crippen LogP contribution < -0.4 is 4.80 Å². The van der Waals surface area contributed by atoms with Gasteiger partial charge in [0.2, 0.25) is 0 Å². The van der Waals surface area contributed by atoms with Crippen LogP contribution in [0, 0.1) is 13.8 Å². The highest BCUT2D eigenvalue weighted by atomic mass is 79.9. The molecule has 0 N–H and O–H groups in total. The molecule has 128 valence electrons. The second-order valence-corrected chi connectivity index (χ2v) is 7.93. The summed E-state index contributed by atoms with van der Waals surface area (Å²) >= 11 is 5.02. The molecule has 0 unspecified atom stereocenters. The standard InChI is InChI=1S/C20H19BrN2OS/c1-4-9-23-17-8-7-16(21)12-18(17)25-20(23)22-19(24)11-15-10-13(2)5-6-14(15)3/h4-8,10,12H,1,9,11H2,2-3H3. The highest BCUT2D eigenvalue weighted by Crippen LogP contribution is 2.22. The van der Waals surface area contributed by atoms with Crippen molar-refractivity contribution in [2.24, 2.45) is 4.99 Å². The van der Waals surface area contributed by atoms with Gasteiger partial charge in [0.15, 0.2) is 4.80 Å². The zero-order valence-electron chi connectivity index (χ0n) is 14.3. The Balaban J connectivity index is 2.02. The van der Waals surface area contributed by atoms with Crippen LogP contribution in [0.25, 0.3) is 10.2 Å². The zero-order chi connectivity index (χ0) is 18.0. The molecule has 0 saturated heterocycles. The first-order valence-electron chi connectivity index (χ1n) is 8.01. The summed E-state index contributed by atoms with van der Waals surface area (Å²) in [6.45, 7) is 8.50. The Morgan fingerprint density at radius 1 is 1.28 bits per heavy atom. The number of benzene rings is 2. The minimum atomic E-state index is -0.128. The molecule has 0 spiro atoms. The number of aryl methyl sites for hydroxylation is 2. The van der Waals surface area contributed by atoms with E-state index in [2.05, 4.69) is 39.6 Å². The smallest absolute Gasteiger partial charge is 0.252 e. The molecule has 1 amide bonds. The lowest BCUT2D eigenvalue weighted by Crippen LogP contribution is -2.17. The van der Waals surface area contributed by atoms with Crippen LogP contribution in [0.2, 0.25) is 0 Å². The second kappa shape index (κ2) is 7.50. The Morgan fingerprint density at radius 2 is 2.08 bits per heavy atom. The number of hydrogen-bond donors (Lipinski definition) is 0. The Hall–Kier alpha value is -1.98. The number of nitrogens with zero attached hydrogens (tertiary/aromatic N) is 2. The van der Waals surface area contributed by atoms with Crippen LogP contribution in [0.15, 0.2) is 58.5 Å². The lowest BCUT2D eigenvalue weighted by molar-refractivity contribution is -0.117. The van der Waals surface area contributed by atoms with E-state index in [1.165, 1.54) is 11.3 Å². The normalized spacial score (nSPS) is 11.9. The topological polar surface area (TPSA) is 34.4 Å². The molecule has 25 heavy (non-hydrogen) atoms. The highest BCUT2D eigenvalue weighted by Gasteiger charge is 2.09. The van der Waals surface area contributed by atoms with Crippen molar-refractivity contribution in [2.75, 3.05) is 0 Å². The van der Waals surface area contributed by atoms with E-state index >= 15 is 0 Å². The number of amides is 1. The van der Waals surface area contributed by atoms with Crippen LogP contribution in [0.1, 0.15) is 16.7 Å². The molecule has 1 heterocycles. The van der Waals surface area contributed by atoms with E-state index < -0.39 is 0 Å². The molecule has 5 heteroatoms. The number of aromatic nitrogens is 1. The third kappa shape index (κ3) is 3.99. The van der Waals surface area contributed by atoms with Crippen molar-refractivity contribution in [1.82, 2.24) is 4.57 Å². The van der Waals surface area contributed by atoms with E-state index in [1.807, 2.05) is 48.8 Å². The van der Waals surface area contributed by atoms with Gasteiger partial charge < -0.3 is 4.57 Å². The van der Waals surface area contributed by atoms with E-state index in [0.717, 1.165) is 31.4 Å². The van der Waals surface area contributed by atoms with Crippen LogP contribution in [-0.4, -0.2) is 10.5 Å². The van der Waals surface area contributed by atoms with Gasteiger partial charge in [-0.1, -0.05) is 57.1 Å². The summed E-state index contributed by atoms with van der Waals surface area (Å²) in [5.41, 5.74) is 4.37. The maximum atomic E-state index is 12.5. The summed E-state index contributed by atoms with van der Waals surface area (Å²) in [5.74, 6) is -0.128. The molecule has 0 aliphatic rings. The molecule has 1 aromatic heterocycles. The Labute approximate surface area is 159 Å². The van der Waals surface area contributed by atoms with E-state index in [-0.39, 0.29) is 5.91 Å². The van der Waals surface area contributed by atoms with Gasteiger partial charge in [-0.3, -0.25) is 4.79 Å². The molecular formula is C20H19BrN2OS. The van der Waals surface area contributed by atoms with Gasteiger partial charge in [-0.15, -0.1) is 6.58 Å². The number of carbonyl (C=O) groups is 1. The van der Waals surface area contributed by atoms with Crippen molar-refractivity contribution in [2.45, 2.75) is 26.8 Å². The molecule has 0 radical (unpaired) electrons. The molecule has 0 aliphatic carbocycles. The van der Waals surface area contributed by atoms with Crippen molar-refractivity contribution in [3.05, 3.63) is 75.0 Å². The van der Waals surface area contributed by atoms with Crippen molar-refractivity contribution in [3.63, 3.8) is 0 Å². The van der Waals surface area contributed by atoms with Crippen LogP contribution >= 0.6 is 27.3 Å². The fourth-order valence-corrected chi connectivity index (χ4v) is 4.35. The highest BCUT2D eigenvalue weighted by molar-refractivity contribution is 9.10. The lowest BCUT2D eigenvalue weighted by Gasteiger charge is -2.04. The number of allylic oxidation sites excluding steroid dienone is 1. The first-order valence-corrected chi connectivity index (χ1v) is 9.62. The summed E-state index contributed by atoms with van der Waals surface area (Å²) in [6, 6.07) is 12.2. The fraction of sp³-hybridized carbons (Fsp3) is 0.200. The number of halogens is 1. The summed E-state index contributed by atoms with van der Waals surface area (Å²) in [4.78, 5) is 17.6. The number of fused-ring (bicyclic) bond motifs is 1. The molecule has 0 aliphatic heterocycles. The van der Waals surface area contributed by atoms with Gasteiger partial charge in [-0.05, 0) is 43.2 Å². The van der Waals surface area contributed by atoms with Gasteiger partial charge in [0.05, 0.1) is 16.6 Å². The van der Waals surface area contributed by atoms with Gasteiger partial charge >= 0.3 is 0 Å². The van der Waals surface area contributed by atoms with E-state index in [9.17, 15) is 4.79 Å². The number of carbonyl (C=O) groups excluding carboxylic acids is 1. The molecule has 0 fully saturated rings. The average Bonchev–Trinajstić information content (AvgIpc) is 2.88. The second-order valence-electron chi connectivity index (χ2n) is 6.01. The monoisotopic (exact) mass is 414 g/mol. The predicted molar refractivity (Wildman–Crippen MR) is 108 cm³/mol. The molecule has 3 nitrogen and oxygen atoms in total. The first kappa shape index (κ1) is 17.8. The molecule has 0 atom stereocenters. The van der Waals surface area contributed by atoms with Crippen LogP contribution in [0.5, 0.6) is 0 Å². The van der Waals surface area contributed by atoms with Gasteiger partial charge in [0, 0.05) is 11.0 Å². The van der Waals surface area contributed by atoms with Crippen molar-refractivity contribution in [3.8, 4) is 0 Å². The van der Waals surface area contributed by atoms with Gasteiger partial charge in [0.1, 0.15) is 0 Å². The maximum absolute atomic E-state index is 12.5. The number of rotatable bonds is 4. The third-order valence-electron chi connectivity index (χ3n) is 4.02. The Kier molecular flexibility index (Phi) is 5.35. The molecule has 0 bridgehead atoms. The SMILES string of the molecule is C=CCn1c(=NC(=O)Cc2cc(C)ccc2C)sc2cc(Br)ccc21. The van der Waals surface area contributed by atoms with Gasteiger partial charge in [0.25, 0.3) is 5.91 Å². The molecule has 2 aromatic carbocycles. The fourth-order valence-electron chi connectivity index (χ4n) is 2.74. The summed E-state index contributed by atoms with van der Waals surface area (Å²) in [5, 5.41) is 0. The number of hydrogen-bond acceptors (Lipinski definition) is 2. The summed E-state index contributed by atoms with van der Waals surface area (Å²) in [7, 11) is 0. The lowest BCUT2D eigenvalue weighted by atomic mass is 10.0. The quantitative estimate of drug-likeness (QED) is 0.556. The largest absolute Gasteiger partial charge is 0.313 e. The Morgan fingerprint density at radius 3 is 2.84 bits per heavy atom. The van der Waals surface area contributed by atoms with Crippen molar-refractivity contribution in [1.29, 1.82) is 0 Å². The van der Waals surface area contributed by atoms with Crippen LogP contribution in [0.4, 0.5) is 0 Å². The predicted octanol–water partition coefficient (Wildman–Crippen LogP) is 4.94. The molecule has 3 aromatic rings. The van der Waals surface area contributed by atoms with E-state index in [0.29, 0.717) is 17.8 Å². The summed E-state index contributed by atoms with van der Waals surface area (Å²) in [6.07, 6.45) is 2.14.